The molecule has 0 saturated heterocycles. The Kier molecular flexibility index (Phi) is 6.73. The number of ether oxygens (including phenoxy) is 3. The molecule has 0 saturated carbocycles. The summed E-state index contributed by atoms with van der Waals surface area (Å²) >= 11 is 0. The van der Waals surface area contributed by atoms with Crippen LogP contribution in [0.2, 0.25) is 0 Å². The Labute approximate surface area is 169 Å². The van der Waals surface area contributed by atoms with Gasteiger partial charge in [-0.05, 0) is 44.2 Å². The maximum atomic E-state index is 12.5. The number of nitrogens with one attached hydrogen (secondary N) is 1. The molecule has 0 fully saturated rings. The maximum Gasteiger partial charge on any atom is 0.255 e. The molecule has 152 valence electrons. The second-order valence-electron chi connectivity index (χ2n) is 6.05. The van der Waals surface area contributed by atoms with Gasteiger partial charge in [0.05, 0.1) is 38.1 Å². The van der Waals surface area contributed by atoms with Gasteiger partial charge in [0.25, 0.3) is 5.91 Å². The van der Waals surface area contributed by atoms with Gasteiger partial charge in [-0.3, -0.25) is 4.79 Å². The summed E-state index contributed by atoms with van der Waals surface area (Å²) in [6, 6.07) is 12.6. The van der Waals surface area contributed by atoms with Crippen LogP contribution < -0.4 is 19.5 Å². The van der Waals surface area contributed by atoms with Crippen LogP contribution >= 0.6 is 0 Å². The van der Waals surface area contributed by atoms with E-state index in [2.05, 4.69) is 10.3 Å². The molecule has 0 aliphatic heterocycles. The molecule has 0 aliphatic rings. The van der Waals surface area contributed by atoms with E-state index in [0.29, 0.717) is 47.6 Å². The average Bonchev–Trinajstić information content (AvgIpc) is 3.22. The Morgan fingerprint density at radius 3 is 2.55 bits per heavy atom. The number of aromatic nitrogens is 1. The summed E-state index contributed by atoms with van der Waals surface area (Å²) in [6.45, 7) is 5.02. The van der Waals surface area contributed by atoms with Crippen molar-refractivity contribution in [3.63, 3.8) is 0 Å². The van der Waals surface area contributed by atoms with Crippen LogP contribution in [-0.2, 0) is 6.54 Å². The number of carbonyl (C=O) groups is 1. The van der Waals surface area contributed by atoms with Gasteiger partial charge in [-0.15, -0.1) is 0 Å². The second-order valence-corrected chi connectivity index (χ2v) is 6.05. The predicted octanol–water partition coefficient (Wildman–Crippen LogP) is 4.08. The van der Waals surface area contributed by atoms with Crippen molar-refractivity contribution in [3.05, 3.63) is 60.0 Å². The van der Waals surface area contributed by atoms with E-state index < -0.39 is 0 Å². The minimum absolute atomic E-state index is 0.233. The summed E-state index contributed by atoms with van der Waals surface area (Å²) in [5.74, 6) is 2.01. The molecule has 7 heteroatoms. The molecule has 1 heterocycles. The molecule has 0 spiro atoms. The number of amides is 1. The molecule has 1 N–H and O–H groups in total. The zero-order valence-corrected chi connectivity index (χ0v) is 16.7. The van der Waals surface area contributed by atoms with Crippen molar-refractivity contribution >= 4 is 5.91 Å². The first-order valence-electron chi connectivity index (χ1n) is 9.41. The maximum absolute atomic E-state index is 12.5. The minimum Gasteiger partial charge on any atom is -0.493 e. The van der Waals surface area contributed by atoms with Crippen molar-refractivity contribution in [1.29, 1.82) is 0 Å². The first-order chi connectivity index (χ1) is 14.2. The summed E-state index contributed by atoms with van der Waals surface area (Å²) in [6.07, 6.45) is 1.52. The van der Waals surface area contributed by atoms with Crippen LogP contribution in [0.4, 0.5) is 0 Å². The fraction of sp³-hybridized carbons (Fsp3) is 0.273. The lowest BCUT2D eigenvalue weighted by Gasteiger charge is -2.10. The van der Waals surface area contributed by atoms with Gasteiger partial charge in [-0.25, -0.2) is 4.98 Å². The lowest BCUT2D eigenvalue weighted by Crippen LogP contribution is -2.23. The van der Waals surface area contributed by atoms with Crippen molar-refractivity contribution in [2.45, 2.75) is 20.4 Å². The number of methoxy groups -OCH3 is 1. The largest absolute Gasteiger partial charge is 0.493 e. The highest BCUT2D eigenvalue weighted by Gasteiger charge is 2.14. The first kappa shape index (κ1) is 20.3. The van der Waals surface area contributed by atoms with Crippen LogP contribution in [0.25, 0.3) is 11.5 Å². The highest BCUT2D eigenvalue weighted by atomic mass is 16.5. The van der Waals surface area contributed by atoms with Gasteiger partial charge in [-0.2, -0.15) is 0 Å². The molecule has 0 bridgehead atoms. The number of para-hydroxylation sites is 1. The molecule has 7 nitrogen and oxygen atoms in total. The number of oxazole rings is 1. The van der Waals surface area contributed by atoms with Crippen molar-refractivity contribution in [2.75, 3.05) is 20.3 Å². The minimum atomic E-state index is -0.235. The number of benzene rings is 2. The lowest BCUT2D eigenvalue weighted by molar-refractivity contribution is 0.0946. The molecule has 29 heavy (non-hydrogen) atoms. The molecule has 3 rings (SSSR count). The summed E-state index contributed by atoms with van der Waals surface area (Å²) in [7, 11) is 1.59. The highest BCUT2D eigenvalue weighted by Crippen LogP contribution is 2.32. The van der Waals surface area contributed by atoms with Crippen molar-refractivity contribution in [2.24, 2.45) is 0 Å². The Balaban J connectivity index is 1.70. The Morgan fingerprint density at radius 2 is 1.79 bits per heavy atom. The van der Waals surface area contributed by atoms with E-state index in [1.54, 1.807) is 31.4 Å². The van der Waals surface area contributed by atoms with Crippen LogP contribution in [-0.4, -0.2) is 31.2 Å². The highest BCUT2D eigenvalue weighted by molar-refractivity contribution is 5.96. The van der Waals surface area contributed by atoms with Crippen LogP contribution in [0, 0.1) is 0 Å². The third-order valence-corrected chi connectivity index (χ3v) is 4.12. The lowest BCUT2D eigenvalue weighted by atomic mass is 10.2. The van der Waals surface area contributed by atoms with Gasteiger partial charge in [0, 0.05) is 5.56 Å². The van der Waals surface area contributed by atoms with E-state index >= 15 is 0 Å². The van der Waals surface area contributed by atoms with Gasteiger partial charge in [0.15, 0.2) is 11.5 Å². The van der Waals surface area contributed by atoms with Gasteiger partial charge in [-0.1, -0.05) is 12.1 Å². The monoisotopic (exact) mass is 396 g/mol. The zero-order chi connectivity index (χ0) is 20.6. The molecule has 2 aromatic carbocycles. The molecule has 0 unspecified atom stereocenters. The molecule has 0 aliphatic carbocycles. The molecule has 0 radical (unpaired) electrons. The van der Waals surface area contributed by atoms with Gasteiger partial charge in [0.2, 0.25) is 5.89 Å². The first-order valence-corrected chi connectivity index (χ1v) is 9.41. The summed E-state index contributed by atoms with van der Waals surface area (Å²) < 4.78 is 22.0. The van der Waals surface area contributed by atoms with E-state index in [1.165, 1.54) is 6.26 Å². The SMILES string of the molecule is CCOc1cc(-c2nc(CNC(=O)c3ccccc3OCC)co2)ccc1OC. The standard InChI is InChI=1S/C22H24N2O5/c1-4-27-18-9-7-6-8-17(18)21(25)23-13-16-14-29-22(24-16)15-10-11-19(26-3)20(12-15)28-5-2/h6-12,14H,4-5,13H2,1-3H3,(H,23,25). The Morgan fingerprint density at radius 1 is 1.03 bits per heavy atom. The summed E-state index contributed by atoms with van der Waals surface area (Å²) in [5, 5.41) is 2.84. The molecule has 0 atom stereocenters. The number of carbonyl (C=O) groups excluding carboxylic acids is 1. The van der Waals surface area contributed by atoms with E-state index in [9.17, 15) is 4.79 Å². The third-order valence-electron chi connectivity index (χ3n) is 4.12. The smallest absolute Gasteiger partial charge is 0.255 e. The van der Waals surface area contributed by atoms with Crippen molar-refractivity contribution in [3.8, 4) is 28.7 Å². The normalized spacial score (nSPS) is 10.4. The van der Waals surface area contributed by atoms with Crippen LogP contribution in [0.5, 0.6) is 17.2 Å². The van der Waals surface area contributed by atoms with E-state index in [1.807, 2.05) is 32.0 Å². The Hall–Kier alpha value is -3.48. The van der Waals surface area contributed by atoms with Gasteiger partial charge < -0.3 is 23.9 Å². The zero-order valence-electron chi connectivity index (χ0n) is 16.7. The third kappa shape index (κ3) is 4.87. The Bertz CT molecular complexity index is 967. The molecule has 1 aromatic heterocycles. The van der Waals surface area contributed by atoms with Crippen LogP contribution in [0.15, 0.2) is 53.1 Å². The number of nitrogens with zero attached hydrogens (tertiary/aromatic N) is 1. The van der Waals surface area contributed by atoms with Crippen molar-refractivity contribution in [1.82, 2.24) is 10.3 Å². The topological polar surface area (TPSA) is 82.8 Å². The molecular weight excluding hydrogens is 372 g/mol. The number of hydrogen-bond donors (Lipinski definition) is 1. The van der Waals surface area contributed by atoms with Gasteiger partial charge >= 0.3 is 0 Å². The predicted molar refractivity (Wildman–Crippen MR) is 108 cm³/mol. The van der Waals surface area contributed by atoms with E-state index in [4.69, 9.17) is 18.6 Å². The molecule has 3 aromatic rings. The summed E-state index contributed by atoms with van der Waals surface area (Å²) in [5.41, 5.74) is 1.85. The van der Waals surface area contributed by atoms with Crippen molar-refractivity contribution < 1.29 is 23.4 Å². The van der Waals surface area contributed by atoms with E-state index in [-0.39, 0.29) is 12.5 Å². The molecule has 1 amide bonds. The van der Waals surface area contributed by atoms with Crippen LogP contribution in [0.1, 0.15) is 29.9 Å². The fourth-order valence-electron chi connectivity index (χ4n) is 2.80. The second kappa shape index (κ2) is 9.64. The summed E-state index contributed by atoms with van der Waals surface area (Å²) in [4.78, 5) is 17.0. The van der Waals surface area contributed by atoms with Gasteiger partial charge in [0.1, 0.15) is 12.0 Å². The van der Waals surface area contributed by atoms with E-state index in [0.717, 1.165) is 5.56 Å². The number of hydrogen-bond acceptors (Lipinski definition) is 6. The molecular formula is C22H24N2O5. The fourth-order valence-corrected chi connectivity index (χ4v) is 2.80. The number of rotatable bonds is 9. The average molecular weight is 396 g/mol. The quantitative estimate of drug-likeness (QED) is 0.587. The van der Waals surface area contributed by atoms with Crippen LogP contribution in [0.3, 0.4) is 0 Å².